The van der Waals surface area contributed by atoms with Gasteiger partial charge >= 0.3 is 13.2 Å². The van der Waals surface area contributed by atoms with Crippen LogP contribution in [0.1, 0.15) is 80.2 Å². The van der Waals surface area contributed by atoms with Gasteiger partial charge in [-0.1, -0.05) is 19.1 Å². The highest BCUT2D eigenvalue weighted by Gasteiger charge is 2.51. The van der Waals surface area contributed by atoms with Crippen molar-refractivity contribution in [2.45, 2.75) is 91.5 Å². The molecule has 0 unspecified atom stereocenters. The Morgan fingerprint density at radius 2 is 1.82 bits per heavy atom. The maximum atomic E-state index is 13.5. The number of benzene rings is 1. The van der Waals surface area contributed by atoms with E-state index in [4.69, 9.17) is 19.8 Å². The van der Waals surface area contributed by atoms with Crippen molar-refractivity contribution in [1.82, 2.24) is 10.2 Å². The summed E-state index contributed by atoms with van der Waals surface area (Å²) in [5.41, 5.74) is 7.75. The Hall–Kier alpha value is -2.85. The second kappa shape index (κ2) is 11.5. The van der Waals surface area contributed by atoms with E-state index in [0.717, 1.165) is 17.4 Å². The quantitative estimate of drug-likeness (QED) is 0.392. The average Bonchev–Trinajstić information content (AvgIpc) is 2.91. The van der Waals surface area contributed by atoms with Crippen LogP contribution in [0.4, 0.5) is 10.5 Å². The number of alkyl carbamates (subject to hydrolysis) is 1. The van der Waals surface area contributed by atoms with Gasteiger partial charge in [-0.15, -0.1) is 0 Å². The summed E-state index contributed by atoms with van der Waals surface area (Å²) in [4.78, 5) is 31.8. The second-order valence-electron chi connectivity index (χ2n) is 11.9. The van der Waals surface area contributed by atoms with Crippen molar-refractivity contribution >= 4 is 42.2 Å². The fraction of sp³-hybridized carbons (Fsp3) is 0.607. The van der Waals surface area contributed by atoms with E-state index < -0.39 is 30.0 Å². The Kier molecular flexibility index (Phi) is 8.99. The Morgan fingerprint density at radius 3 is 2.42 bits per heavy atom. The molecule has 9 nitrogen and oxygen atoms in total. The van der Waals surface area contributed by atoms with Crippen LogP contribution in [-0.4, -0.2) is 66.3 Å². The monoisotopic (exact) mass is 526 g/mol. The van der Waals surface area contributed by atoms with Crippen LogP contribution in [0, 0.1) is 0 Å². The molecule has 2 aliphatic heterocycles. The van der Waals surface area contributed by atoms with Crippen molar-refractivity contribution in [3.63, 3.8) is 0 Å². The number of amidine groups is 1. The zero-order valence-corrected chi connectivity index (χ0v) is 24.1. The third-order valence-corrected chi connectivity index (χ3v) is 6.87. The first kappa shape index (κ1) is 29.7. The standard InChI is InChI=1S/C28H43BN4O5/c1-9-14-33(15-10-13-31-25(35)36-26(2,3)4)24(34)20-16-19-11-12-21(18-22(19)32-23(30)17-20)29-37-27(5,6)28(7,8)38-29/h11-12,16,18H,9-10,13-15,17H2,1-8H3,(H2,30,32)(H,31,35). The molecule has 0 saturated carbocycles. The zero-order chi connectivity index (χ0) is 28.3. The van der Waals surface area contributed by atoms with E-state index >= 15 is 0 Å². The number of nitrogens with zero attached hydrogens (tertiary/aromatic N) is 2. The number of hydrogen-bond acceptors (Lipinski definition) is 7. The van der Waals surface area contributed by atoms with Crippen LogP contribution in [0.25, 0.3) is 6.08 Å². The van der Waals surface area contributed by atoms with Crippen LogP contribution in [0.2, 0.25) is 0 Å². The van der Waals surface area contributed by atoms with Gasteiger partial charge in [0.25, 0.3) is 0 Å². The van der Waals surface area contributed by atoms with Crippen LogP contribution in [-0.2, 0) is 18.8 Å². The van der Waals surface area contributed by atoms with Gasteiger partial charge in [-0.2, -0.15) is 0 Å². The van der Waals surface area contributed by atoms with Crippen molar-refractivity contribution in [1.29, 1.82) is 0 Å². The molecule has 1 aromatic carbocycles. The highest BCUT2D eigenvalue weighted by molar-refractivity contribution is 6.62. The van der Waals surface area contributed by atoms with Crippen LogP contribution in [0.5, 0.6) is 0 Å². The molecule has 1 fully saturated rings. The van der Waals surface area contributed by atoms with Gasteiger partial charge in [0.05, 0.1) is 16.9 Å². The third-order valence-electron chi connectivity index (χ3n) is 6.87. The van der Waals surface area contributed by atoms with Crippen LogP contribution in [0.15, 0.2) is 28.8 Å². The number of carbonyl (C=O) groups is 2. The van der Waals surface area contributed by atoms with Gasteiger partial charge in [-0.05, 0) is 78.9 Å². The predicted octanol–water partition coefficient (Wildman–Crippen LogP) is 3.92. The van der Waals surface area contributed by atoms with Gasteiger partial charge in [-0.25, -0.2) is 9.79 Å². The van der Waals surface area contributed by atoms with Crippen molar-refractivity contribution < 1.29 is 23.6 Å². The first-order valence-corrected chi connectivity index (χ1v) is 13.4. The lowest BCUT2D eigenvalue weighted by atomic mass is 9.78. The molecule has 0 atom stereocenters. The Morgan fingerprint density at radius 1 is 1.16 bits per heavy atom. The Labute approximate surface area is 227 Å². The first-order valence-electron chi connectivity index (χ1n) is 13.4. The molecule has 2 aliphatic rings. The Bertz CT molecular complexity index is 1090. The van der Waals surface area contributed by atoms with E-state index in [0.29, 0.717) is 43.2 Å². The number of rotatable bonds is 8. The van der Waals surface area contributed by atoms with Gasteiger partial charge in [0.2, 0.25) is 5.91 Å². The first-order chi connectivity index (χ1) is 17.6. The van der Waals surface area contributed by atoms with E-state index in [2.05, 4.69) is 10.3 Å². The zero-order valence-electron chi connectivity index (χ0n) is 24.1. The summed E-state index contributed by atoms with van der Waals surface area (Å²) in [5.74, 6) is 0.294. The largest absolute Gasteiger partial charge is 0.494 e. The molecule has 2 amide bonds. The van der Waals surface area contributed by atoms with Gasteiger partial charge in [0.1, 0.15) is 11.4 Å². The normalized spacial score (nSPS) is 18.2. The number of amides is 2. The number of ether oxygens (including phenoxy) is 1. The smallest absolute Gasteiger partial charge is 0.444 e. The van der Waals surface area contributed by atoms with Crippen LogP contribution >= 0.6 is 0 Å². The summed E-state index contributed by atoms with van der Waals surface area (Å²) >= 11 is 0. The number of nitrogens with two attached hydrogens (primary N) is 1. The Balaban J connectivity index is 1.72. The van der Waals surface area contributed by atoms with Gasteiger partial charge in [0.15, 0.2) is 0 Å². The molecule has 0 radical (unpaired) electrons. The molecular weight excluding hydrogens is 483 g/mol. The number of aliphatic imine (C=N–C) groups is 1. The summed E-state index contributed by atoms with van der Waals surface area (Å²) < 4.78 is 17.7. The third kappa shape index (κ3) is 7.38. The van der Waals surface area contributed by atoms with E-state index in [-0.39, 0.29) is 12.3 Å². The van der Waals surface area contributed by atoms with Crippen LogP contribution in [0.3, 0.4) is 0 Å². The second-order valence-corrected chi connectivity index (χ2v) is 11.9. The molecule has 3 N–H and O–H groups in total. The maximum absolute atomic E-state index is 13.5. The van der Waals surface area contributed by atoms with Crippen molar-refractivity contribution in [3.8, 4) is 0 Å². The highest BCUT2D eigenvalue weighted by Crippen LogP contribution is 2.37. The van der Waals surface area contributed by atoms with Crippen molar-refractivity contribution in [3.05, 3.63) is 29.3 Å². The topological polar surface area (TPSA) is 115 Å². The average molecular weight is 526 g/mol. The minimum absolute atomic E-state index is 0.0786. The molecule has 208 valence electrons. The van der Waals surface area contributed by atoms with E-state index in [1.54, 1.807) is 4.90 Å². The molecule has 10 heteroatoms. The molecule has 0 spiro atoms. The summed E-state index contributed by atoms with van der Waals surface area (Å²) in [5, 5.41) is 2.75. The van der Waals surface area contributed by atoms with E-state index in [9.17, 15) is 9.59 Å². The minimum Gasteiger partial charge on any atom is -0.444 e. The van der Waals surface area contributed by atoms with Gasteiger partial charge in [-0.3, -0.25) is 4.79 Å². The summed E-state index contributed by atoms with van der Waals surface area (Å²) in [6, 6.07) is 5.79. The van der Waals surface area contributed by atoms with Crippen molar-refractivity contribution in [2.75, 3.05) is 19.6 Å². The van der Waals surface area contributed by atoms with Gasteiger partial charge in [0, 0.05) is 37.2 Å². The molecular formula is C28H43BN4O5. The maximum Gasteiger partial charge on any atom is 0.494 e. The predicted molar refractivity (Wildman–Crippen MR) is 152 cm³/mol. The summed E-state index contributed by atoms with van der Waals surface area (Å²) in [7, 11) is -0.510. The fourth-order valence-electron chi connectivity index (χ4n) is 4.23. The minimum atomic E-state index is -0.552. The highest BCUT2D eigenvalue weighted by atomic mass is 16.7. The number of fused-ring (bicyclic) bond motifs is 1. The lowest BCUT2D eigenvalue weighted by molar-refractivity contribution is -0.127. The molecule has 1 saturated heterocycles. The van der Waals surface area contributed by atoms with Gasteiger partial charge < -0.3 is 30.0 Å². The number of nitrogens with one attached hydrogen (secondary N) is 1. The molecule has 1 aromatic rings. The van der Waals surface area contributed by atoms with Crippen LogP contribution < -0.4 is 16.5 Å². The SMILES string of the molecule is CCCN(CCCNC(=O)OC(C)(C)C)C(=O)C1=Cc2ccc(B3OC(C)(C)C(C)(C)O3)cc2N=C(N)C1. The lowest BCUT2D eigenvalue weighted by Crippen LogP contribution is -2.41. The fourth-order valence-corrected chi connectivity index (χ4v) is 4.23. The molecule has 0 aliphatic carbocycles. The molecule has 38 heavy (non-hydrogen) atoms. The van der Waals surface area contributed by atoms with E-state index in [1.807, 2.05) is 79.7 Å². The number of carbonyl (C=O) groups excluding carboxylic acids is 2. The number of hydrogen-bond donors (Lipinski definition) is 2. The van der Waals surface area contributed by atoms with Crippen molar-refractivity contribution in [2.24, 2.45) is 10.7 Å². The molecule has 2 heterocycles. The molecule has 0 bridgehead atoms. The molecule has 3 rings (SSSR count). The van der Waals surface area contributed by atoms with E-state index in [1.165, 1.54) is 0 Å². The summed E-state index contributed by atoms with van der Waals surface area (Å²) in [6.07, 6.45) is 3.09. The molecule has 0 aromatic heterocycles. The lowest BCUT2D eigenvalue weighted by Gasteiger charge is -2.32. The summed E-state index contributed by atoms with van der Waals surface area (Å²) in [6.45, 7) is 17.1.